The zero-order valence-corrected chi connectivity index (χ0v) is 12.4. The Hall–Kier alpha value is -1.60. The van der Waals surface area contributed by atoms with Gasteiger partial charge in [0.05, 0.1) is 24.2 Å². The first-order valence-electron chi connectivity index (χ1n) is 5.94. The Balaban J connectivity index is 1.95. The molecule has 1 N–H and O–H groups in total. The van der Waals surface area contributed by atoms with Crippen LogP contribution in [0.15, 0.2) is 10.6 Å². The highest BCUT2D eigenvalue weighted by atomic mass is 32.1. The lowest BCUT2D eigenvalue weighted by Gasteiger charge is -2.04. The van der Waals surface area contributed by atoms with Gasteiger partial charge in [-0.05, 0) is 6.92 Å². The van der Waals surface area contributed by atoms with E-state index in [4.69, 9.17) is 9.26 Å². The second kappa shape index (κ2) is 6.03. The van der Waals surface area contributed by atoms with Crippen molar-refractivity contribution in [2.75, 3.05) is 26.1 Å². The van der Waals surface area contributed by atoms with Gasteiger partial charge in [0.2, 0.25) is 5.88 Å². The maximum atomic E-state index is 5.28. The highest BCUT2D eigenvalue weighted by Crippen LogP contribution is 2.30. The molecule has 0 spiro atoms. The Morgan fingerprint density at radius 3 is 2.79 bits per heavy atom. The molecule has 6 nitrogen and oxygen atoms in total. The molecule has 2 heterocycles. The van der Waals surface area contributed by atoms with Gasteiger partial charge >= 0.3 is 0 Å². The lowest BCUT2D eigenvalue weighted by Crippen LogP contribution is -2.11. The van der Waals surface area contributed by atoms with Crippen LogP contribution >= 0.6 is 11.3 Å². The Morgan fingerprint density at radius 1 is 1.42 bits per heavy atom. The first-order chi connectivity index (χ1) is 9.10. The molecule has 0 unspecified atom stereocenters. The molecule has 7 heteroatoms. The van der Waals surface area contributed by atoms with Gasteiger partial charge < -0.3 is 19.5 Å². The van der Waals surface area contributed by atoms with Crippen LogP contribution in [0.5, 0.6) is 5.88 Å². The summed E-state index contributed by atoms with van der Waals surface area (Å²) in [4.78, 5) is 7.44. The third-order valence-corrected chi connectivity index (χ3v) is 3.69. The molecule has 0 amide bonds. The molecule has 2 aromatic heterocycles. The van der Waals surface area contributed by atoms with Crippen molar-refractivity contribution in [3.8, 4) is 5.88 Å². The first-order valence-corrected chi connectivity index (χ1v) is 6.75. The summed E-state index contributed by atoms with van der Waals surface area (Å²) < 4.78 is 10.4. The lowest BCUT2D eigenvalue weighted by molar-refractivity contribution is 0.367. The molecule has 104 valence electrons. The van der Waals surface area contributed by atoms with E-state index in [1.165, 1.54) is 0 Å². The molecule has 0 aliphatic rings. The van der Waals surface area contributed by atoms with Crippen LogP contribution < -0.4 is 15.0 Å². The summed E-state index contributed by atoms with van der Waals surface area (Å²) in [5.74, 6) is 1.50. The van der Waals surface area contributed by atoms with Crippen molar-refractivity contribution >= 4 is 16.5 Å². The fourth-order valence-electron chi connectivity index (χ4n) is 1.59. The molecule has 2 rings (SSSR count). The average molecular weight is 282 g/mol. The number of hydrogen-bond acceptors (Lipinski definition) is 7. The number of methoxy groups -OCH3 is 1. The normalized spacial score (nSPS) is 10.7. The molecule has 0 fully saturated rings. The molecule has 0 aromatic carbocycles. The molecule has 0 atom stereocenters. The zero-order chi connectivity index (χ0) is 13.8. The Kier molecular flexibility index (Phi) is 4.39. The number of aryl methyl sites for hydroxylation is 1. The largest absolute Gasteiger partial charge is 0.480 e. The number of anilines is 1. The van der Waals surface area contributed by atoms with Gasteiger partial charge in [-0.1, -0.05) is 16.5 Å². The highest BCUT2D eigenvalue weighted by molar-refractivity contribution is 7.15. The van der Waals surface area contributed by atoms with Crippen LogP contribution in [0.3, 0.4) is 0 Å². The van der Waals surface area contributed by atoms with E-state index < -0.39 is 0 Å². The maximum absolute atomic E-state index is 5.28. The summed E-state index contributed by atoms with van der Waals surface area (Å²) in [5, 5.41) is 8.08. The number of ether oxygens (including phenoxy) is 1. The van der Waals surface area contributed by atoms with Crippen LogP contribution in [-0.2, 0) is 13.1 Å². The maximum Gasteiger partial charge on any atom is 0.230 e. The molecule has 0 aliphatic carbocycles. The van der Waals surface area contributed by atoms with Crippen LogP contribution in [0.2, 0.25) is 0 Å². The summed E-state index contributed by atoms with van der Waals surface area (Å²) in [6.45, 7) is 3.23. The molecule has 0 aliphatic heterocycles. The number of hydrogen-bond donors (Lipinski definition) is 1. The van der Waals surface area contributed by atoms with Crippen molar-refractivity contribution in [1.82, 2.24) is 15.5 Å². The summed E-state index contributed by atoms with van der Waals surface area (Å²) in [6.07, 6.45) is 0. The van der Waals surface area contributed by atoms with Crippen LogP contribution in [0.25, 0.3) is 0 Å². The van der Waals surface area contributed by atoms with Crippen molar-refractivity contribution < 1.29 is 9.26 Å². The number of thiazole rings is 1. The van der Waals surface area contributed by atoms with Crippen LogP contribution in [0.4, 0.5) is 5.13 Å². The van der Waals surface area contributed by atoms with Gasteiger partial charge in [-0.3, -0.25) is 0 Å². The van der Waals surface area contributed by atoms with Gasteiger partial charge in [0, 0.05) is 26.7 Å². The van der Waals surface area contributed by atoms with E-state index in [0.717, 1.165) is 21.5 Å². The molecule has 2 aromatic rings. The van der Waals surface area contributed by atoms with Crippen molar-refractivity contribution in [2.24, 2.45) is 0 Å². The molecule has 0 bridgehead atoms. The second-order valence-corrected chi connectivity index (χ2v) is 5.42. The SMILES string of the molecule is COc1nc(N(C)C)sc1CNCc1cc(C)no1. The topological polar surface area (TPSA) is 63.4 Å². The van der Waals surface area contributed by atoms with Gasteiger partial charge in [0.15, 0.2) is 10.9 Å². The summed E-state index contributed by atoms with van der Waals surface area (Å²) >= 11 is 1.61. The molecular formula is C12H18N4O2S. The average Bonchev–Trinajstić information content (AvgIpc) is 2.96. The van der Waals surface area contributed by atoms with E-state index >= 15 is 0 Å². The first kappa shape index (κ1) is 13.8. The summed E-state index contributed by atoms with van der Waals surface area (Å²) in [5.41, 5.74) is 0.891. The smallest absolute Gasteiger partial charge is 0.230 e. The summed E-state index contributed by atoms with van der Waals surface area (Å²) in [7, 11) is 5.57. The van der Waals surface area contributed by atoms with Gasteiger partial charge in [0.25, 0.3) is 0 Å². The number of nitrogens with zero attached hydrogens (tertiary/aromatic N) is 3. The number of aromatic nitrogens is 2. The predicted octanol–water partition coefficient (Wildman–Crippen LogP) is 1.80. The minimum atomic E-state index is 0.638. The Morgan fingerprint density at radius 2 is 2.21 bits per heavy atom. The van der Waals surface area contributed by atoms with Crippen molar-refractivity contribution in [1.29, 1.82) is 0 Å². The molecular weight excluding hydrogens is 264 g/mol. The van der Waals surface area contributed by atoms with Crippen molar-refractivity contribution in [3.05, 3.63) is 22.4 Å². The molecule has 0 radical (unpaired) electrons. The highest BCUT2D eigenvalue weighted by Gasteiger charge is 2.12. The number of rotatable bonds is 6. The van der Waals surface area contributed by atoms with Gasteiger partial charge in [-0.25, -0.2) is 0 Å². The third kappa shape index (κ3) is 3.45. The van der Waals surface area contributed by atoms with Gasteiger partial charge in [0.1, 0.15) is 0 Å². The summed E-state index contributed by atoms with van der Waals surface area (Å²) in [6, 6.07) is 1.92. The minimum absolute atomic E-state index is 0.638. The van der Waals surface area contributed by atoms with E-state index in [2.05, 4.69) is 15.5 Å². The minimum Gasteiger partial charge on any atom is -0.480 e. The van der Waals surface area contributed by atoms with E-state index in [9.17, 15) is 0 Å². The van der Waals surface area contributed by atoms with E-state index in [1.54, 1.807) is 18.4 Å². The van der Waals surface area contributed by atoms with Gasteiger partial charge in [-0.2, -0.15) is 4.98 Å². The van der Waals surface area contributed by atoms with Crippen LogP contribution in [0, 0.1) is 6.92 Å². The van der Waals surface area contributed by atoms with E-state index in [1.807, 2.05) is 32.0 Å². The standard InChI is InChI=1S/C12H18N4O2S/c1-8-5-9(18-15-8)6-13-7-10-11(17-4)14-12(19-10)16(2)3/h5,13H,6-7H2,1-4H3. The molecule has 19 heavy (non-hydrogen) atoms. The number of nitrogens with one attached hydrogen (secondary N) is 1. The lowest BCUT2D eigenvalue weighted by atomic mass is 10.4. The van der Waals surface area contributed by atoms with Crippen LogP contribution in [-0.4, -0.2) is 31.3 Å². The molecule has 0 saturated heterocycles. The van der Waals surface area contributed by atoms with E-state index in [0.29, 0.717) is 19.0 Å². The fraction of sp³-hybridized carbons (Fsp3) is 0.500. The zero-order valence-electron chi connectivity index (χ0n) is 11.6. The Bertz CT molecular complexity index is 536. The quantitative estimate of drug-likeness (QED) is 0.871. The van der Waals surface area contributed by atoms with Crippen molar-refractivity contribution in [2.45, 2.75) is 20.0 Å². The van der Waals surface area contributed by atoms with Gasteiger partial charge in [-0.15, -0.1) is 0 Å². The molecule has 0 saturated carbocycles. The third-order valence-electron chi connectivity index (χ3n) is 2.49. The van der Waals surface area contributed by atoms with E-state index in [-0.39, 0.29) is 0 Å². The monoisotopic (exact) mass is 282 g/mol. The Labute approximate surface area is 116 Å². The fourth-order valence-corrected chi connectivity index (χ4v) is 2.51. The second-order valence-electron chi connectivity index (χ2n) is 4.36. The van der Waals surface area contributed by atoms with Crippen molar-refractivity contribution in [3.63, 3.8) is 0 Å². The van der Waals surface area contributed by atoms with Crippen LogP contribution in [0.1, 0.15) is 16.3 Å². The predicted molar refractivity (Wildman–Crippen MR) is 74.8 cm³/mol.